The van der Waals surface area contributed by atoms with E-state index in [2.05, 4.69) is 31.7 Å². The molecule has 0 bridgehead atoms. The number of hydrogen-bond acceptors (Lipinski definition) is 0. The van der Waals surface area contributed by atoms with Gasteiger partial charge in [-0.25, -0.2) is 0 Å². The molecule has 60 valence electrons. The van der Waals surface area contributed by atoms with Crippen LogP contribution in [0.3, 0.4) is 0 Å². The molecule has 0 spiro atoms. The lowest BCUT2D eigenvalue weighted by Gasteiger charge is -1.87. The fraction of sp³-hybridized carbons (Fsp3) is 0.300. The lowest BCUT2D eigenvalue weighted by molar-refractivity contribution is 1.55. The Kier molecular flexibility index (Phi) is 4.81. The SMILES string of the molecule is C=C(C)/C=C\C(=C/C)[P+](=C)C. The van der Waals surface area contributed by atoms with Crippen LogP contribution in [0.25, 0.3) is 0 Å². The van der Waals surface area contributed by atoms with E-state index in [-0.39, 0.29) is 7.55 Å². The molecule has 0 aliphatic heterocycles. The monoisotopic (exact) mass is 167 g/mol. The Hall–Kier alpha value is -0.610. The highest BCUT2D eigenvalue weighted by molar-refractivity contribution is 7.59. The zero-order chi connectivity index (χ0) is 8.85. The molecular formula is C10H16P+. The van der Waals surface area contributed by atoms with Crippen LogP contribution in [0.5, 0.6) is 0 Å². The first-order valence-corrected chi connectivity index (χ1v) is 5.59. The summed E-state index contributed by atoms with van der Waals surface area (Å²) in [6.45, 7) is 9.97. The van der Waals surface area contributed by atoms with Gasteiger partial charge in [-0.15, -0.1) is 0 Å². The molecule has 1 heteroatoms. The molecule has 0 aliphatic rings. The Labute approximate surface area is 70.7 Å². The lowest BCUT2D eigenvalue weighted by atomic mass is 10.3. The van der Waals surface area contributed by atoms with E-state index >= 15 is 0 Å². The Balaban J connectivity index is 4.34. The first-order valence-electron chi connectivity index (χ1n) is 3.62. The third kappa shape index (κ3) is 4.75. The topological polar surface area (TPSA) is 0 Å². The molecule has 0 saturated carbocycles. The predicted molar refractivity (Wildman–Crippen MR) is 57.7 cm³/mol. The molecule has 1 atom stereocenters. The van der Waals surface area contributed by atoms with Gasteiger partial charge in [-0.3, -0.25) is 0 Å². The Bertz CT molecular complexity index is 219. The van der Waals surface area contributed by atoms with Crippen LogP contribution >= 0.6 is 7.55 Å². The maximum Gasteiger partial charge on any atom is 0.143 e. The van der Waals surface area contributed by atoms with Crippen LogP contribution in [0.4, 0.5) is 0 Å². The summed E-state index contributed by atoms with van der Waals surface area (Å²) in [4.78, 5) is 0. The van der Waals surface area contributed by atoms with Crippen molar-refractivity contribution < 1.29 is 0 Å². The molecule has 0 N–H and O–H groups in total. The van der Waals surface area contributed by atoms with Crippen molar-refractivity contribution in [3.63, 3.8) is 0 Å². The molecule has 0 rings (SSSR count). The van der Waals surface area contributed by atoms with Crippen molar-refractivity contribution in [3.05, 3.63) is 35.7 Å². The van der Waals surface area contributed by atoms with Gasteiger partial charge in [0, 0.05) is 0 Å². The summed E-state index contributed by atoms with van der Waals surface area (Å²) in [6.07, 6.45) is 10.2. The van der Waals surface area contributed by atoms with Crippen LogP contribution in [0.1, 0.15) is 13.8 Å². The van der Waals surface area contributed by atoms with Crippen LogP contribution in [-0.2, 0) is 0 Å². The van der Waals surface area contributed by atoms with Crippen molar-refractivity contribution in [3.8, 4) is 0 Å². The Morgan fingerprint density at radius 3 is 2.18 bits per heavy atom. The van der Waals surface area contributed by atoms with E-state index in [9.17, 15) is 0 Å². The molecular weight excluding hydrogens is 151 g/mol. The molecule has 0 heterocycles. The smallest absolute Gasteiger partial charge is 0.0961 e. The minimum Gasteiger partial charge on any atom is -0.0961 e. The summed E-state index contributed by atoms with van der Waals surface area (Å²) in [5.41, 5.74) is 1.08. The summed E-state index contributed by atoms with van der Waals surface area (Å²) in [7, 11) is -0.211. The lowest BCUT2D eigenvalue weighted by Crippen LogP contribution is -1.68. The number of rotatable bonds is 3. The zero-order valence-electron chi connectivity index (χ0n) is 7.59. The number of allylic oxidation sites excluding steroid dienone is 5. The fourth-order valence-corrected chi connectivity index (χ4v) is 1.44. The molecule has 0 nitrogen and oxygen atoms in total. The quantitative estimate of drug-likeness (QED) is 0.445. The van der Waals surface area contributed by atoms with E-state index in [1.54, 1.807) is 0 Å². The standard InChI is InChI=1S/C10H16P/c1-6-10(11(4)5)8-7-9(2)3/h6-8H,2,4H2,1,3,5H3/q+1/b8-7-,10-6+. The second-order valence-electron chi connectivity index (χ2n) is 2.59. The summed E-state index contributed by atoms with van der Waals surface area (Å²) in [6, 6.07) is 0. The van der Waals surface area contributed by atoms with Crippen LogP contribution in [0.15, 0.2) is 35.7 Å². The van der Waals surface area contributed by atoms with Gasteiger partial charge in [0.05, 0.1) is 6.30 Å². The van der Waals surface area contributed by atoms with Gasteiger partial charge in [0.1, 0.15) is 19.5 Å². The molecule has 0 aromatic carbocycles. The maximum absolute atomic E-state index is 4.00. The first-order chi connectivity index (χ1) is 5.07. The number of hydrogen-bond donors (Lipinski definition) is 0. The van der Waals surface area contributed by atoms with Gasteiger partial charge in [0.2, 0.25) is 0 Å². The molecule has 0 aromatic heterocycles. The highest BCUT2D eigenvalue weighted by Crippen LogP contribution is 2.27. The molecule has 0 radical (unpaired) electrons. The minimum atomic E-state index is -0.211. The van der Waals surface area contributed by atoms with E-state index in [4.69, 9.17) is 0 Å². The van der Waals surface area contributed by atoms with Crippen LogP contribution in [0.2, 0.25) is 0 Å². The molecule has 0 fully saturated rings. The van der Waals surface area contributed by atoms with Crippen molar-refractivity contribution in [2.75, 3.05) is 6.66 Å². The van der Waals surface area contributed by atoms with Crippen LogP contribution in [0, 0.1) is 0 Å². The molecule has 0 saturated heterocycles. The Morgan fingerprint density at radius 2 is 1.91 bits per heavy atom. The molecule has 0 amide bonds. The largest absolute Gasteiger partial charge is 0.143 e. The van der Waals surface area contributed by atoms with E-state index in [0.717, 1.165) is 5.57 Å². The highest BCUT2D eigenvalue weighted by atomic mass is 31.1. The molecule has 0 aliphatic carbocycles. The average molecular weight is 167 g/mol. The first kappa shape index (κ1) is 10.4. The third-order valence-corrected chi connectivity index (χ3v) is 2.56. The van der Waals surface area contributed by atoms with E-state index in [1.807, 2.05) is 19.9 Å². The highest BCUT2D eigenvalue weighted by Gasteiger charge is 2.00. The predicted octanol–water partition coefficient (Wildman–Crippen LogP) is 3.57. The van der Waals surface area contributed by atoms with Crippen LogP contribution in [-0.4, -0.2) is 13.0 Å². The fourth-order valence-electron chi connectivity index (χ4n) is 0.671. The second-order valence-corrected chi connectivity index (χ2v) is 4.50. The van der Waals surface area contributed by atoms with Gasteiger partial charge >= 0.3 is 0 Å². The molecule has 11 heavy (non-hydrogen) atoms. The van der Waals surface area contributed by atoms with Gasteiger partial charge in [-0.1, -0.05) is 18.2 Å². The van der Waals surface area contributed by atoms with Crippen molar-refractivity contribution >= 4 is 13.8 Å². The van der Waals surface area contributed by atoms with Crippen molar-refractivity contribution in [2.24, 2.45) is 0 Å². The summed E-state index contributed by atoms with van der Waals surface area (Å²) < 4.78 is 0. The second kappa shape index (κ2) is 5.09. The summed E-state index contributed by atoms with van der Waals surface area (Å²) in [5.74, 6) is 0. The van der Waals surface area contributed by atoms with Gasteiger partial charge in [-0.05, 0) is 26.0 Å². The van der Waals surface area contributed by atoms with Crippen molar-refractivity contribution in [1.29, 1.82) is 0 Å². The van der Waals surface area contributed by atoms with E-state index in [1.165, 1.54) is 5.31 Å². The van der Waals surface area contributed by atoms with Crippen molar-refractivity contribution in [2.45, 2.75) is 13.8 Å². The van der Waals surface area contributed by atoms with Gasteiger partial charge in [-0.2, -0.15) is 0 Å². The molecule has 0 aromatic rings. The Morgan fingerprint density at radius 1 is 1.36 bits per heavy atom. The van der Waals surface area contributed by atoms with Gasteiger partial charge in [0.25, 0.3) is 0 Å². The summed E-state index contributed by atoms with van der Waals surface area (Å²) in [5, 5.41) is 1.32. The van der Waals surface area contributed by atoms with E-state index < -0.39 is 0 Å². The van der Waals surface area contributed by atoms with E-state index in [0.29, 0.717) is 0 Å². The van der Waals surface area contributed by atoms with Crippen LogP contribution < -0.4 is 0 Å². The minimum absolute atomic E-state index is 0.211. The maximum atomic E-state index is 4.00. The third-order valence-electron chi connectivity index (χ3n) is 1.28. The summed E-state index contributed by atoms with van der Waals surface area (Å²) >= 11 is 0. The van der Waals surface area contributed by atoms with Gasteiger partial charge in [0.15, 0.2) is 0 Å². The average Bonchev–Trinajstić information content (AvgIpc) is 1.87. The molecule has 1 unspecified atom stereocenters. The normalized spacial score (nSPS) is 13.7. The van der Waals surface area contributed by atoms with Gasteiger partial charge < -0.3 is 0 Å². The zero-order valence-corrected chi connectivity index (χ0v) is 8.49. The van der Waals surface area contributed by atoms with Crippen molar-refractivity contribution in [1.82, 2.24) is 0 Å².